The van der Waals surface area contributed by atoms with E-state index in [4.69, 9.17) is 22.7 Å². The van der Waals surface area contributed by atoms with Crippen molar-refractivity contribution in [3.8, 4) is 0 Å². The lowest BCUT2D eigenvalue weighted by atomic mass is 9.93. The molecule has 2 rings (SSSR count). The molecule has 1 aromatic rings. The molecule has 0 atom stereocenters. The number of hydrogen-bond acceptors (Lipinski definition) is 4. The maximum absolute atomic E-state index is 10.6. The summed E-state index contributed by atoms with van der Waals surface area (Å²) in [7, 11) is 1.96. The number of nitrogens with zero attached hydrogens (tertiary/aromatic N) is 1. The van der Waals surface area contributed by atoms with Crippen molar-refractivity contribution in [2.24, 2.45) is 5.73 Å². The predicted molar refractivity (Wildman–Crippen MR) is 85.3 cm³/mol. The van der Waals surface area contributed by atoms with Crippen molar-refractivity contribution in [1.82, 2.24) is 0 Å². The van der Waals surface area contributed by atoms with Crippen LogP contribution in [0.5, 0.6) is 0 Å². The van der Waals surface area contributed by atoms with Crippen LogP contribution >= 0.6 is 12.2 Å². The molecule has 20 heavy (non-hydrogen) atoms. The van der Waals surface area contributed by atoms with E-state index < -0.39 is 5.60 Å². The standard InChI is InChI=1S/C15H22N2O2S/c1-11-3-4-12(14(16)20)13(9-11)17(2)10-15(18)5-7-19-8-6-15/h3-4,9,18H,5-8,10H2,1-2H3,(H2,16,20). The van der Waals surface area contributed by atoms with E-state index in [0.717, 1.165) is 16.8 Å². The lowest BCUT2D eigenvalue weighted by Gasteiger charge is -2.36. The van der Waals surface area contributed by atoms with Gasteiger partial charge in [0, 0.05) is 50.9 Å². The molecule has 3 N–H and O–H groups in total. The normalized spacial score (nSPS) is 17.8. The summed E-state index contributed by atoms with van der Waals surface area (Å²) in [4.78, 5) is 2.41. The van der Waals surface area contributed by atoms with Gasteiger partial charge in [-0.2, -0.15) is 0 Å². The zero-order chi connectivity index (χ0) is 14.8. The molecule has 1 saturated heterocycles. The van der Waals surface area contributed by atoms with Gasteiger partial charge in [0.2, 0.25) is 0 Å². The van der Waals surface area contributed by atoms with E-state index in [9.17, 15) is 5.11 Å². The van der Waals surface area contributed by atoms with Crippen LogP contribution in [0.2, 0.25) is 0 Å². The molecular weight excluding hydrogens is 272 g/mol. The van der Waals surface area contributed by atoms with Gasteiger partial charge in [-0.25, -0.2) is 0 Å². The van der Waals surface area contributed by atoms with Crippen molar-refractivity contribution in [2.75, 3.05) is 31.7 Å². The van der Waals surface area contributed by atoms with Crippen molar-refractivity contribution in [1.29, 1.82) is 0 Å². The van der Waals surface area contributed by atoms with E-state index in [-0.39, 0.29) is 0 Å². The highest BCUT2D eigenvalue weighted by Crippen LogP contribution is 2.27. The number of anilines is 1. The molecule has 110 valence electrons. The highest BCUT2D eigenvalue weighted by Gasteiger charge is 2.31. The number of aryl methyl sites for hydroxylation is 1. The van der Waals surface area contributed by atoms with E-state index in [0.29, 0.717) is 37.6 Å². The van der Waals surface area contributed by atoms with Gasteiger partial charge in [-0.15, -0.1) is 0 Å². The first-order valence-electron chi connectivity index (χ1n) is 6.83. The topological polar surface area (TPSA) is 58.7 Å². The van der Waals surface area contributed by atoms with Crippen LogP contribution in [0.25, 0.3) is 0 Å². The number of nitrogens with two attached hydrogens (primary N) is 1. The van der Waals surface area contributed by atoms with E-state index >= 15 is 0 Å². The van der Waals surface area contributed by atoms with Crippen LogP contribution in [-0.2, 0) is 4.74 Å². The SMILES string of the molecule is Cc1ccc(C(N)=S)c(N(C)CC2(O)CCOCC2)c1. The van der Waals surface area contributed by atoms with Crippen LogP contribution in [0.4, 0.5) is 5.69 Å². The quantitative estimate of drug-likeness (QED) is 0.826. The highest BCUT2D eigenvalue weighted by atomic mass is 32.1. The molecule has 1 aromatic carbocycles. The fourth-order valence-electron chi connectivity index (χ4n) is 2.60. The van der Waals surface area contributed by atoms with E-state index in [1.54, 1.807) is 0 Å². The van der Waals surface area contributed by atoms with Crippen LogP contribution in [0.15, 0.2) is 18.2 Å². The fourth-order valence-corrected chi connectivity index (χ4v) is 2.77. The van der Waals surface area contributed by atoms with Gasteiger partial charge in [0.1, 0.15) is 4.99 Å². The fraction of sp³-hybridized carbons (Fsp3) is 0.533. The zero-order valence-corrected chi connectivity index (χ0v) is 12.9. The highest BCUT2D eigenvalue weighted by molar-refractivity contribution is 7.80. The molecule has 0 saturated carbocycles. The molecule has 0 amide bonds. The van der Waals surface area contributed by atoms with Crippen molar-refractivity contribution >= 4 is 22.9 Å². The minimum Gasteiger partial charge on any atom is -0.389 e. The Labute approximate surface area is 125 Å². The van der Waals surface area contributed by atoms with Crippen LogP contribution in [0.1, 0.15) is 24.0 Å². The van der Waals surface area contributed by atoms with Crippen LogP contribution in [0, 0.1) is 6.92 Å². The molecular formula is C15H22N2O2S. The van der Waals surface area contributed by atoms with E-state index in [1.165, 1.54) is 0 Å². The Hall–Kier alpha value is -1.17. The number of likely N-dealkylation sites (N-methyl/N-ethyl adjacent to an activating group) is 1. The van der Waals surface area contributed by atoms with Gasteiger partial charge in [-0.05, 0) is 24.6 Å². The molecule has 5 heteroatoms. The second-order valence-electron chi connectivity index (χ2n) is 5.58. The minimum atomic E-state index is -0.704. The Bertz CT molecular complexity index is 499. The Morgan fingerprint density at radius 1 is 1.45 bits per heavy atom. The number of rotatable bonds is 4. The number of thiocarbonyl (C=S) groups is 1. The Morgan fingerprint density at radius 2 is 2.10 bits per heavy atom. The van der Waals surface area contributed by atoms with E-state index in [1.807, 2.05) is 31.0 Å². The summed E-state index contributed by atoms with van der Waals surface area (Å²) in [6, 6.07) is 5.99. The number of ether oxygens (including phenoxy) is 1. The van der Waals surface area contributed by atoms with Gasteiger partial charge in [0.25, 0.3) is 0 Å². The molecule has 0 aliphatic carbocycles. The molecule has 0 radical (unpaired) electrons. The second kappa shape index (κ2) is 6.08. The third-order valence-corrected chi connectivity index (χ3v) is 4.00. The van der Waals surface area contributed by atoms with Gasteiger partial charge >= 0.3 is 0 Å². The average molecular weight is 294 g/mol. The summed E-state index contributed by atoms with van der Waals surface area (Å²) >= 11 is 5.11. The Balaban J connectivity index is 2.21. The molecule has 1 heterocycles. The minimum absolute atomic E-state index is 0.380. The van der Waals surface area contributed by atoms with Gasteiger partial charge in [-0.3, -0.25) is 0 Å². The molecule has 1 aliphatic rings. The molecule has 4 nitrogen and oxygen atoms in total. The zero-order valence-electron chi connectivity index (χ0n) is 12.1. The summed E-state index contributed by atoms with van der Waals surface area (Å²) in [5.41, 5.74) is 8.05. The smallest absolute Gasteiger partial charge is 0.106 e. The van der Waals surface area contributed by atoms with Crippen molar-refractivity contribution in [3.05, 3.63) is 29.3 Å². The van der Waals surface area contributed by atoms with Crippen molar-refractivity contribution in [3.63, 3.8) is 0 Å². The largest absolute Gasteiger partial charge is 0.389 e. The molecule has 0 unspecified atom stereocenters. The summed E-state index contributed by atoms with van der Waals surface area (Å²) in [6.45, 7) is 3.81. The third-order valence-electron chi connectivity index (χ3n) is 3.78. The molecule has 0 aromatic heterocycles. The summed E-state index contributed by atoms with van der Waals surface area (Å²) in [5, 5.41) is 10.6. The van der Waals surface area contributed by atoms with Crippen molar-refractivity contribution < 1.29 is 9.84 Å². The average Bonchev–Trinajstić information content (AvgIpc) is 2.38. The first kappa shape index (κ1) is 15.2. The monoisotopic (exact) mass is 294 g/mol. The van der Waals surface area contributed by atoms with Gasteiger partial charge in [0.15, 0.2) is 0 Å². The maximum atomic E-state index is 10.6. The van der Waals surface area contributed by atoms with Gasteiger partial charge in [-0.1, -0.05) is 18.3 Å². The molecule has 0 bridgehead atoms. The van der Waals surface area contributed by atoms with Crippen LogP contribution in [0.3, 0.4) is 0 Å². The first-order valence-corrected chi connectivity index (χ1v) is 7.24. The maximum Gasteiger partial charge on any atom is 0.106 e. The molecule has 1 aliphatic heterocycles. The lowest BCUT2D eigenvalue weighted by Crippen LogP contribution is -2.46. The van der Waals surface area contributed by atoms with E-state index in [2.05, 4.69) is 6.07 Å². The third kappa shape index (κ3) is 3.48. The summed E-state index contributed by atoms with van der Waals surface area (Å²) in [5.74, 6) is 0. The van der Waals surface area contributed by atoms with Crippen molar-refractivity contribution in [2.45, 2.75) is 25.4 Å². The second-order valence-corrected chi connectivity index (χ2v) is 6.02. The van der Waals surface area contributed by atoms with Gasteiger partial charge < -0.3 is 20.5 Å². The predicted octanol–water partition coefficient (Wildman–Crippen LogP) is 1.61. The number of aliphatic hydroxyl groups is 1. The lowest BCUT2D eigenvalue weighted by molar-refractivity contribution is -0.0572. The van der Waals surface area contributed by atoms with Crippen LogP contribution < -0.4 is 10.6 Å². The summed E-state index contributed by atoms with van der Waals surface area (Å²) in [6.07, 6.45) is 1.32. The Morgan fingerprint density at radius 3 is 2.70 bits per heavy atom. The summed E-state index contributed by atoms with van der Waals surface area (Å²) < 4.78 is 5.31. The first-order chi connectivity index (χ1) is 9.41. The Kier molecular flexibility index (Phi) is 4.62. The number of benzene rings is 1. The molecule has 1 fully saturated rings. The van der Waals surface area contributed by atoms with Gasteiger partial charge in [0.05, 0.1) is 5.60 Å². The number of hydrogen-bond donors (Lipinski definition) is 2. The molecule has 0 spiro atoms. The van der Waals surface area contributed by atoms with Crippen LogP contribution in [-0.4, -0.2) is 42.5 Å².